The molecule has 0 aliphatic carbocycles. The molecule has 0 fully saturated rings. The fourth-order valence-electron chi connectivity index (χ4n) is 1.45. The highest BCUT2D eigenvalue weighted by molar-refractivity contribution is 8.00. The lowest BCUT2D eigenvalue weighted by Crippen LogP contribution is -2.13. The smallest absolute Gasteiger partial charge is 0.125 e. The van der Waals surface area contributed by atoms with Crippen molar-refractivity contribution in [2.45, 2.75) is 16.2 Å². The van der Waals surface area contributed by atoms with Crippen LogP contribution >= 0.6 is 23.5 Å². The Kier molecular flexibility index (Phi) is 6.47. The van der Waals surface area contributed by atoms with Gasteiger partial charge in [-0.15, -0.1) is 23.5 Å². The maximum Gasteiger partial charge on any atom is 0.125 e. The highest BCUT2D eigenvalue weighted by atomic mass is 32.2. The van der Waals surface area contributed by atoms with E-state index < -0.39 is 0 Å². The molecule has 0 amide bonds. The molecular formula is C12H18N2OS2. The molecule has 3 nitrogen and oxygen atoms in total. The average molecular weight is 270 g/mol. The maximum atomic E-state index is 7.66. The summed E-state index contributed by atoms with van der Waals surface area (Å²) in [7, 11) is 1.71. The second-order valence-electron chi connectivity index (χ2n) is 3.44. The maximum absolute atomic E-state index is 7.66. The van der Waals surface area contributed by atoms with Gasteiger partial charge in [0.15, 0.2) is 0 Å². The molecule has 0 aliphatic heterocycles. The molecule has 3 N–H and O–H groups in total. The van der Waals surface area contributed by atoms with E-state index in [1.807, 2.05) is 24.5 Å². The summed E-state index contributed by atoms with van der Waals surface area (Å²) in [5.41, 5.74) is 6.52. The van der Waals surface area contributed by atoms with Crippen LogP contribution in [-0.2, 0) is 4.74 Å². The van der Waals surface area contributed by atoms with Crippen LogP contribution in [0.25, 0.3) is 0 Å². The summed E-state index contributed by atoms with van der Waals surface area (Å²) in [6.07, 6.45) is 3.00. The van der Waals surface area contributed by atoms with Gasteiger partial charge in [0, 0.05) is 34.8 Å². The third kappa shape index (κ3) is 4.26. The average Bonchev–Trinajstić information content (AvgIpc) is 2.33. The highest BCUT2D eigenvalue weighted by Crippen LogP contribution is 2.30. The molecule has 0 atom stereocenters. The lowest BCUT2D eigenvalue weighted by molar-refractivity contribution is 0.200. The first-order valence-electron chi connectivity index (χ1n) is 5.33. The molecule has 94 valence electrons. The Labute approximate surface area is 111 Å². The van der Waals surface area contributed by atoms with Gasteiger partial charge in [-0.1, -0.05) is 6.07 Å². The van der Waals surface area contributed by atoms with Gasteiger partial charge in [-0.2, -0.15) is 0 Å². The van der Waals surface area contributed by atoms with Crippen molar-refractivity contribution in [1.29, 1.82) is 5.41 Å². The third-order valence-corrected chi connectivity index (χ3v) is 4.15. The van der Waals surface area contributed by atoms with Crippen LogP contribution in [0.3, 0.4) is 0 Å². The standard InChI is InChI=1S/C12H18N2OS2/c1-15-7-4-8-17-10-6-3-5-9(16-2)11(10)12(13)14/h3,5-6H,4,7-8H2,1-2H3,(H3,13,14). The van der Waals surface area contributed by atoms with E-state index in [9.17, 15) is 0 Å². The summed E-state index contributed by atoms with van der Waals surface area (Å²) in [5.74, 6) is 1.12. The van der Waals surface area contributed by atoms with Gasteiger partial charge < -0.3 is 10.5 Å². The first-order chi connectivity index (χ1) is 8.20. The zero-order chi connectivity index (χ0) is 12.7. The highest BCUT2D eigenvalue weighted by Gasteiger charge is 2.10. The largest absolute Gasteiger partial charge is 0.385 e. The molecule has 0 aromatic heterocycles. The molecule has 17 heavy (non-hydrogen) atoms. The number of nitrogens with two attached hydrogens (primary N) is 1. The number of nitrogen functional groups attached to an aromatic ring is 1. The minimum absolute atomic E-state index is 0.143. The van der Waals surface area contributed by atoms with Crippen LogP contribution in [0.1, 0.15) is 12.0 Å². The van der Waals surface area contributed by atoms with Gasteiger partial charge in [-0.3, -0.25) is 5.41 Å². The summed E-state index contributed by atoms with van der Waals surface area (Å²) < 4.78 is 5.02. The van der Waals surface area contributed by atoms with Crippen LogP contribution in [0, 0.1) is 5.41 Å². The third-order valence-electron chi connectivity index (χ3n) is 2.23. The van der Waals surface area contributed by atoms with E-state index >= 15 is 0 Å². The fraction of sp³-hybridized carbons (Fsp3) is 0.417. The normalized spacial score (nSPS) is 10.5. The fourth-order valence-corrected chi connectivity index (χ4v) is 3.18. The molecule has 0 heterocycles. The molecule has 1 rings (SSSR count). The number of thioether (sulfide) groups is 2. The Morgan fingerprint density at radius 2 is 2.12 bits per heavy atom. The minimum atomic E-state index is 0.143. The lowest BCUT2D eigenvalue weighted by atomic mass is 10.2. The van der Waals surface area contributed by atoms with Crippen molar-refractivity contribution >= 4 is 29.4 Å². The van der Waals surface area contributed by atoms with E-state index in [-0.39, 0.29) is 5.84 Å². The summed E-state index contributed by atoms with van der Waals surface area (Å²) in [6, 6.07) is 6.03. The molecule has 0 unspecified atom stereocenters. The molecule has 0 aliphatic rings. The molecule has 1 aromatic rings. The van der Waals surface area contributed by atoms with E-state index in [4.69, 9.17) is 15.9 Å². The Bertz CT molecular complexity index is 383. The molecule has 1 aromatic carbocycles. The SMILES string of the molecule is COCCCSc1cccc(SC)c1C(=N)N. The monoisotopic (exact) mass is 270 g/mol. The zero-order valence-electron chi connectivity index (χ0n) is 10.2. The minimum Gasteiger partial charge on any atom is -0.385 e. The van der Waals surface area contributed by atoms with E-state index in [1.54, 1.807) is 30.6 Å². The predicted molar refractivity (Wildman–Crippen MR) is 76.5 cm³/mol. The molecule has 0 spiro atoms. The number of nitrogens with one attached hydrogen (secondary N) is 1. The van der Waals surface area contributed by atoms with Crippen molar-refractivity contribution in [2.24, 2.45) is 5.73 Å². The van der Waals surface area contributed by atoms with E-state index in [0.717, 1.165) is 34.1 Å². The van der Waals surface area contributed by atoms with Crippen molar-refractivity contribution in [3.63, 3.8) is 0 Å². The van der Waals surface area contributed by atoms with Crippen LogP contribution in [0.5, 0.6) is 0 Å². The molecule has 0 saturated heterocycles. The number of hydrogen-bond donors (Lipinski definition) is 2. The van der Waals surface area contributed by atoms with E-state index in [0.29, 0.717) is 0 Å². The number of hydrogen-bond acceptors (Lipinski definition) is 4. The molecule has 0 radical (unpaired) electrons. The van der Waals surface area contributed by atoms with E-state index in [1.165, 1.54) is 0 Å². The summed E-state index contributed by atoms with van der Waals surface area (Å²) >= 11 is 3.35. The quantitative estimate of drug-likeness (QED) is 0.346. The first-order valence-corrected chi connectivity index (χ1v) is 7.55. The van der Waals surface area contributed by atoms with Crippen molar-refractivity contribution in [2.75, 3.05) is 25.7 Å². The van der Waals surface area contributed by atoms with Crippen molar-refractivity contribution in [3.8, 4) is 0 Å². The van der Waals surface area contributed by atoms with Crippen LogP contribution < -0.4 is 5.73 Å². The first kappa shape index (κ1) is 14.4. The Balaban J connectivity index is 2.79. The van der Waals surface area contributed by atoms with Crippen molar-refractivity contribution in [1.82, 2.24) is 0 Å². The van der Waals surface area contributed by atoms with Crippen LogP contribution in [0.4, 0.5) is 0 Å². The van der Waals surface area contributed by atoms with Crippen molar-refractivity contribution in [3.05, 3.63) is 23.8 Å². The van der Waals surface area contributed by atoms with Gasteiger partial charge in [-0.05, 0) is 24.8 Å². The lowest BCUT2D eigenvalue weighted by Gasteiger charge is -2.11. The number of benzene rings is 1. The summed E-state index contributed by atoms with van der Waals surface area (Å²) in [5, 5.41) is 7.66. The topological polar surface area (TPSA) is 59.1 Å². The van der Waals surface area contributed by atoms with Gasteiger partial charge in [0.2, 0.25) is 0 Å². The Morgan fingerprint density at radius 1 is 1.41 bits per heavy atom. The molecular weight excluding hydrogens is 252 g/mol. The van der Waals surface area contributed by atoms with Crippen LogP contribution in [0.15, 0.2) is 28.0 Å². The van der Waals surface area contributed by atoms with Crippen LogP contribution in [0.2, 0.25) is 0 Å². The van der Waals surface area contributed by atoms with E-state index in [2.05, 4.69) is 0 Å². The van der Waals surface area contributed by atoms with Gasteiger partial charge in [-0.25, -0.2) is 0 Å². The second kappa shape index (κ2) is 7.63. The Morgan fingerprint density at radius 3 is 2.71 bits per heavy atom. The van der Waals surface area contributed by atoms with Gasteiger partial charge >= 0.3 is 0 Å². The van der Waals surface area contributed by atoms with Gasteiger partial charge in [0.25, 0.3) is 0 Å². The molecule has 0 saturated carbocycles. The number of amidine groups is 1. The summed E-state index contributed by atoms with van der Waals surface area (Å²) in [4.78, 5) is 2.15. The Hall–Kier alpha value is -0.650. The number of rotatable bonds is 7. The number of methoxy groups -OCH3 is 1. The molecule has 0 bridgehead atoms. The predicted octanol–water partition coefficient (Wildman–Crippen LogP) is 2.82. The zero-order valence-corrected chi connectivity index (χ0v) is 11.8. The van der Waals surface area contributed by atoms with Gasteiger partial charge in [0.1, 0.15) is 5.84 Å². The molecule has 5 heteroatoms. The summed E-state index contributed by atoms with van der Waals surface area (Å²) in [6.45, 7) is 0.768. The van der Waals surface area contributed by atoms with Crippen LogP contribution in [-0.4, -0.2) is 31.6 Å². The number of ether oxygens (including phenoxy) is 1. The van der Waals surface area contributed by atoms with Crippen molar-refractivity contribution < 1.29 is 4.74 Å². The second-order valence-corrected chi connectivity index (χ2v) is 5.43. The van der Waals surface area contributed by atoms with Gasteiger partial charge in [0.05, 0.1) is 0 Å².